The van der Waals surface area contributed by atoms with Gasteiger partial charge >= 0.3 is 0 Å². The molecule has 1 amide bonds. The lowest BCUT2D eigenvalue weighted by atomic mass is 9.87. The van der Waals surface area contributed by atoms with Crippen molar-refractivity contribution in [2.75, 3.05) is 5.32 Å². The molecule has 0 fully saturated rings. The van der Waals surface area contributed by atoms with Crippen molar-refractivity contribution in [3.05, 3.63) is 46.6 Å². The lowest BCUT2D eigenvalue weighted by molar-refractivity contribution is -0.116. The fourth-order valence-corrected chi connectivity index (χ4v) is 2.37. The number of anilines is 1. The van der Waals surface area contributed by atoms with E-state index >= 15 is 0 Å². The van der Waals surface area contributed by atoms with Gasteiger partial charge in [-0.3, -0.25) is 9.89 Å². The molecule has 86 valence electrons. The smallest absolute Gasteiger partial charge is 0.226 e. The second-order valence-corrected chi connectivity index (χ2v) is 4.50. The first-order valence-electron chi connectivity index (χ1n) is 5.32. The highest BCUT2D eigenvalue weighted by atomic mass is 35.5. The van der Waals surface area contributed by atoms with Gasteiger partial charge in [-0.15, -0.1) is 0 Å². The number of nitrogens with zero attached hydrogens (tertiary/aromatic N) is 1. The number of carbonyl (C=O) groups is 1. The number of amides is 1. The van der Waals surface area contributed by atoms with Crippen LogP contribution in [-0.4, -0.2) is 16.1 Å². The highest BCUT2D eigenvalue weighted by Gasteiger charge is 2.27. The van der Waals surface area contributed by atoms with E-state index < -0.39 is 0 Å². The molecule has 0 saturated heterocycles. The number of halogens is 1. The molecule has 1 aromatic heterocycles. The van der Waals surface area contributed by atoms with E-state index in [0.29, 0.717) is 17.3 Å². The monoisotopic (exact) mass is 247 g/mol. The Kier molecular flexibility index (Phi) is 2.37. The number of aromatic nitrogens is 2. The quantitative estimate of drug-likeness (QED) is 0.814. The van der Waals surface area contributed by atoms with E-state index in [0.717, 1.165) is 11.1 Å². The third kappa shape index (κ3) is 1.80. The molecule has 2 N–H and O–H groups in total. The molecule has 0 spiro atoms. The van der Waals surface area contributed by atoms with Gasteiger partial charge in [0.15, 0.2) is 0 Å². The Morgan fingerprint density at radius 2 is 2.29 bits per heavy atom. The molecule has 3 rings (SSSR count). The Morgan fingerprint density at radius 1 is 1.41 bits per heavy atom. The molecule has 17 heavy (non-hydrogen) atoms. The number of nitrogens with one attached hydrogen (secondary N) is 2. The van der Waals surface area contributed by atoms with Crippen LogP contribution in [0.2, 0.25) is 5.02 Å². The fourth-order valence-electron chi connectivity index (χ4n) is 2.17. The predicted molar refractivity (Wildman–Crippen MR) is 65.1 cm³/mol. The Hall–Kier alpha value is -1.81. The number of hydrogen-bond acceptors (Lipinski definition) is 2. The molecular weight excluding hydrogens is 238 g/mol. The molecule has 4 nitrogen and oxygen atoms in total. The highest BCUT2D eigenvalue weighted by Crippen LogP contribution is 2.36. The number of rotatable bonds is 1. The summed E-state index contributed by atoms with van der Waals surface area (Å²) < 4.78 is 0. The first kappa shape index (κ1) is 10.4. The second-order valence-electron chi connectivity index (χ2n) is 4.06. The molecule has 0 bridgehead atoms. The molecule has 0 unspecified atom stereocenters. The summed E-state index contributed by atoms with van der Waals surface area (Å²) in [5, 5.41) is 10.2. The van der Waals surface area contributed by atoms with Gasteiger partial charge in [0.1, 0.15) is 5.82 Å². The third-order valence-electron chi connectivity index (χ3n) is 2.95. The lowest BCUT2D eigenvalue weighted by Crippen LogP contribution is -2.22. The van der Waals surface area contributed by atoms with Gasteiger partial charge in [0.05, 0.1) is 6.20 Å². The number of hydrogen-bond donors (Lipinski definition) is 2. The molecule has 2 heterocycles. The van der Waals surface area contributed by atoms with Gasteiger partial charge in [0.2, 0.25) is 5.91 Å². The normalized spacial score (nSPS) is 18.6. The fraction of sp³-hybridized carbons (Fsp3) is 0.167. The third-order valence-corrected chi connectivity index (χ3v) is 3.18. The number of carbonyl (C=O) groups excluding carboxylic acids is 1. The number of aromatic amines is 1. The maximum Gasteiger partial charge on any atom is 0.226 e. The first-order valence-corrected chi connectivity index (χ1v) is 5.70. The summed E-state index contributed by atoms with van der Waals surface area (Å²) in [7, 11) is 0. The summed E-state index contributed by atoms with van der Waals surface area (Å²) in [4.78, 5) is 11.6. The summed E-state index contributed by atoms with van der Waals surface area (Å²) in [6.45, 7) is 0. The zero-order chi connectivity index (χ0) is 11.8. The number of H-pyrrole nitrogens is 1. The van der Waals surface area contributed by atoms with E-state index in [2.05, 4.69) is 15.5 Å². The van der Waals surface area contributed by atoms with E-state index in [1.54, 1.807) is 6.20 Å². The molecule has 2 aromatic rings. The van der Waals surface area contributed by atoms with Gasteiger partial charge in [0, 0.05) is 22.9 Å². The Bertz CT molecular complexity index is 579. The van der Waals surface area contributed by atoms with Crippen LogP contribution in [0.4, 0.5) is 5.82 Å². The largest absolute Gasteiger partial charge is 0.311 e. The van der Waals surface area contributed by atoms with E-state index in [1.807, 2.05) is 24.3 Å². The molecule has 0 saturated carbocycles. The molecular formula is C12H10ClN3O. The van der Waals surface area contributed by atoms with Crippen molar-refractivity contribution < 1.29 is 4.79 Å². The SMILES string of the molecule is O=C1C[C@@H](c2cccc(Cl)c2)c2cn[nH]c2N1. The average molecular weight is 248 g/mol. The van der Waals surface area contributed by atoms with Crippen LogP contribution < -0.4 is 5.32 Å². The van der Waals surface area contributed by atoms with Gasteiger partial charge in [-0.1, -0.05) is 23.7 Å². The molecule has 1 aliphatic rings. The molecule has 1 aliphatic heterocycles. The van der Waals surface area contributed by atoms with Crippen molar-refractivity contribution in [1.29, 1.82) is 0 Å². The zero-order valence-corrected chi connectivity index (χ0v) is 9.66. The minimum atomic E-state index is -0.00766. The Morgan fingerprint density at radius 3 is 3.12 bits per heavy atom. The van der Waals surface area contributed by atoms with E-state index in [9.17, 15) is 4.79 Å². The summed E-state index contributed by atoms with van der Waals surface area (Å²) in [6, 6.07) is 7.59. The summed E-state index contributed by atoms with van der Waals surface area (Å²) in [5.74, 6) is 0.703. The second kappa shape index (κ2) is 3.89. The maximum atomic E-state index is 11.6. The maximum absolute atomic E-state index is 11.6. The van der Waals surface area contributed by atoms with Gasteiger partial charge in [-0.2, -0.15) is 5.10 Å². The minimum Gasteiger partial charge on any atom is -0.311 e. The van der Waals surface area contributed by atoms with Crippen molar-refractivity contribution in [2.45, 2.75) is 12.3 Å². The van der Waals surface area contributed by atoms with Crippen molar-refractivity contribution in [1.82, 2.24) is 10.2 Å². The van der Waals surface area contributed by atoms with Crippen LogP contribution in [0.5, 0.6) is 0 Å². The van der Waals surface area contributed by atoms with E-state index in [-0.39, 0.29) is 11.8 Å². The number of benzene rings is 1. The molecule has 1 aromatic carbocycles. The topological polar surface area (TPSA) is 57.8 Å². The summed E-state index contributed by atoms with van der Waals surface area (Å²) >= 11 is 5.98. The molecule has 5 heteroatoms. The summed E-state index contributed by atoms with van der Waals surface area (Å²) in [5.41, 5.74) is 2.04. The van der Waals surface area contributed by atoms with Gasteiger partial charge < -0.3 is 5.32 Å². The average Bonchev–Trinajstić information content (AvgIpc) is 2.75. The van der Waals surface area contributed by atoms with Crippen LogP contribution in [0, 0.1) is 0 Å². The molecule has 0 aliphatic carbocycles. The Labute approximate surface area is 103 Å². The van der Waals surface area contributed by atoms with E-state index in [1.165, 1.54) is 0 Å². The zero-order valence-electron chi connectivity index (χ0n) is 8.90. The van der Waals surface area contributed by atoms with Gasteiger partial charge in [0.25, 0.3) is 0 Å². The standard InChI is InChI=1S/C12H10ClN3O/c13-8-3-1-2-7(4-8)9-5-11(17)15-12-10(9)6-14-16-12/h1-4,6,9H,5H2,(H2,14,15,16,17)/t9-/m0/s1. The van der Waals surface area contributed by atoms with Crippen molar-refractivity contribution in [2.24, 2.45) is 0 Å². The van der Waals surface area contributed by atoms with Crippen LogP contribution >= 0.6 is 11.6 Å². The van der Waals surface area contributed by atoms with Crippen LogP contribution in [0.15, 0.2) is 30.5 Å². The van der Waals surface area contributed by atoms with Crippen LogP contribution in [0.1, 0.15) is 23.5 Å². The van der Waals surface area contributed by atoms with Crippen LogP contribution in [0.3, 0.4) is 0 Å². The predicted octanol–water partition coefficient (Wildman–Crippen LogP) is 2.54. The van der Waals surface area contributed by atoms with Crippen molar-refractivity contribution >= 4 is 23.3 Å². The van der Waals surface area contributed by atoms with Crippen LogP contribution in [-0.2, 0) is 4.79 Å². The highest BCUT2D eigenvalue weighted by molar-refractivity contribution is 6.30. The van der Waals surface area contributed by atoms with Gasteiger partial charge in [-0.05, 0) is 17.7 Å². The minimum absolute atomic E-state index is 0.00766. The Balaban J connectivity index is 2.08. The van der Waals surface area contributed by atoms with Crippen molar-refractivity contribution in [3.8, 4) is 0 Å². The summed E-state index contributed by atoms with van der Waals surface area (Å²) in [6.07, 6.45) is 2.17. The van der Waals surface area contributed by atoms with Crippen LogP contribution in [0.25, 0.3) is 0 Å². The number of fused-ring (bicyclic) bond motifs is 1. The first-order chi connectivity index (χ1) is 8.24. The van der Waals surface area contributed by atoms with E-state index in [4.69, 9.17) is 11.6 Å². The molecule has 0 radical (unpaired) electrons. The van der Waals surface area contributed by atoms with Gasteiger partial charge in [-0.25, -0.2) is 0 Å². The lowest BCUT2D eigenvalue weighted by Gasteiger charge is -2.22. The van der Waals surface area contributed by atoms with Crippen molar-refractivity contribution in [3.63, 3.8) is 0 Å². The molecule has 1 atom stereocenters.